The van der Waals surface area contributed by atoms with Gasteiger partial charge in [-0.3, -0.25) is 4.79 Å². The molecule has 13 heavy (non-hydrogen) atoms. The second-order valence-corrected chi connectivity index (χ2v) is 3.64. The number of hydrogen-bond acceptors (Lipinski definition) is 4. The number of amides is 1. The third kappa shape index (κ3) is 2.53. The molecule has 1 aromatic heterocycles. The molecule has 1 aromatic rings. The molecular weight excluding hydrogens is 186 g/mol. The summed E-state index contributed by atoms with van der Waals surface area (Å²) in [6.07, 6.45) is 0. The van der Waals surface area contributed by atoms with Crippen LogP contribution in [0.15, 0.2) is 5.38 Å². The molecule has 0 aliphatic rings. The normalized spacial score (nSPS) is 11.8. The van der Waals surface area contributed by atoms with E-state index in [9.17, 15) is 4.79 Å². The maximum atomic E-state index is 11.3. The van der Waals surface area contributed by atoms with Crippen molar-refractivity contribution < 1.29 is 4.79 Å². The molecule has 0 aliphatic heterocycles. The molecule has 1 rings (SSSR count). The van der Waals surface area contributed by atoms with Gasteiger partial charge in [0.25, 0.3) is 5.91 Å². The zero-order chi connectivity index (χ0) is 9.84. The van der Waals surface area contributed by atoms with Gasteiger partial charge in [0.1, 0.15) is 11.7 Å². The number of nitrogens with zero attached hydrogens (tertiary/aromatic N) is 2. The number of nitriles is 1. The van der Waals surface area contributed by atoms with Gasteiger partial charge >= 0.3 is 0 Å². The van der Waals surface area contributed by atoms with Crippen molar-refractivity contribution in [1.82, 2.24) is 10.3 Å². The van der Waals surface area contributed by atoms with E-state index in [0.717, 1.165) is 5.01 Å². The minimum Gasteiger partial charge on any atom is -0.335 e. The van der Waals surface area contributed by atoms with Crippen LogP contribution in [0.5, 0.6) is 0 Å². The van der Waals surface area contributed by atoms with Crippen LogP contribution in [-0.4, -0.2) is 16.9 Å². The van der Waals surface area contributed by atoms with Crippen LogP contribution >= 0.6 is 11.3 Å². The van der Waals surface area contributed by atoms with Crippen LogP contribution in [-0.2, 0) is 0 Å². The Morgan fingerprint density at radius 3 is 3.00 bits per heavy atom. The van der Waals surface area contributed by atoms with Crippen LogP contribution in [0.25, 0.3) is 0 Å². The summed E-state index contributed by atoms with van der Waals surface area (Å²) >= 11 is 1.41. The van der Waals surface area contributed by atoms with Crippen molar-refractivity contribution in [1.29, 1.82) is 5.26 Å². The molecule has 68 valence electrons. The number of carbonyl (C=O) groups is 1. The Bertz CT molecular complexity index is 353. The fraction of sp³-hybridized carbons (Fsp3) is 0.375. The van der Waals surface area contributed by atoms with Crippen LogP contribution in [0, 0.1) is 18.3 Å². The number of thiazole rings is 1. The highest BCUT2D eigenvalue weighted by Crippen LogP contribution is 2.07. The Morgan fingerprint density at radius 2 is 2.54 bits per heavy atom. The van der Waals surface area contributed by atoms with Crippen molar-refractivity contribution in [2.24, 2.45) is 0 Å². The van der Waals surface area contributed by atoms with Gasteiger partial charge in [-0.1, -0.05) is 0 Å². The lowest BCUT2D eigenvalue weighted by Crippen LogP contribution is -2.31. The molecule has 5 heteroatoms. The highest BCUT2D eigenvalue weighted by Gasteiger charge is 2.11. The Kier molecular flexibility index (Phi) is 2.98. The lowest BCUT2D eigenvalue weighted by atomic mass is 10.3. The van der Waals surface area contributed by atoms with Crippen molar-refractivity contribution in [3.63, 3.8) is 0 Å². The number of carbonyl (C=O) groups excluding carboxylic acids is 1. The van der Waals surface area contributed by atoms with Gasteiger partial charge in [0.05, 0.1) is 11.1 Å². The maximum Gasteiger partial charge on any atom is 0.271 e. The molecule has 0 bridgehead atoms. The van der Waals surface area contributed by atoms with Crippen LogP contribution in [0.3, 0.4) is 0 Å². The third-order valence-corrected chi connectivity index (χ3v) is 2.17. The zero-order valence-electron chi connectivity index (χ0n) is 7.37. The molecule has 0 saturated heterocycles. The molecule has 1 heterocycles. The maximum absolute atomic E-state index is 11.3. The molecule has 1 N–H and O–H groups in total. The molecule has 0 fully saturated rings. The molecule has 0 aromatic carbocycles. The first kappa shape index (κ1) is 9.68. The van der Waals surface area contributed by atoms with E-state index in [1.165, 1.54) is 11.3 Å². The molecule has 4 nitrogen and oxygen atoms in total. The summed E-state index contributed by atoms with van der Waals surface area (Å²) in [5.74, 6) is -0.293. The molecule has 0 aliphatic carbocycles. The number of hydrogen-bond donors (Lipinski definition) is 1. The highest BCUT2D eigenvalue weighted by molar-refractivity contribution is 7.09. The summed E-state index contributed by atoms with van der Waals surface area (Å²) in [5, 5.41) is 13.5. The summed E-state index contributed by atoms with van der Waals surface area (Å²) in [5.41, 5.74) is 0.379. The third-order valence-electron chi connectivity index (χ3n) is 1.39. The van der Waals surface area contributed by atoms with E-state index in [1.807, 2.05) is 13.0 Å². The van der Waals surface area contributed by atoms with E-state index in [0.29, 0.717) is 5.69 Å². The van der Waals surface area contributed by atoms with E-state index in [-0.39, 0.29) is 5.91 Å². The highest BCUT2D eigenvalue weighted by atomic mass is 32.1. The molecular formula is C8H9N3OS. The topological polar surface area (TPSA) is 65.8 Å². The van der Waals surface area contributed by atoms with Crippen molar-refractivity contribution in [3.05, 3.63) is 16.1 Å². The Hall–Kier alpha value is -1.41. The van der Waals surface area contributed by atoms with E-state index >= 15 is 0 Å². The molecule has 0 saturated carbocycles. The van der Waals surface area contributed by atoms with Crippen molar-refractivity contribution in [2.45, 2.75) is 19.9 Å². The van der Waals surface area contributed by atoms with Gasteiger partial charge in [0.15, 0.2) is 0 Å². The molecule has 1 unspecified atom stereocenters. The molecule has 1 amide bonds. The largest absolute Gasteiger partial charge is 0.335 e. The van der Waals surface area contributed by atoms with Crippen LogP contribution in [0.4, 0.5) is 0 Å². The van der Waals surface area contributed by atoms with E-state index in [1.54, 1.807) is 12.3 Å². The summed E-state index contributed by atoms with van der Waals surface area (Å²) in [6, 6.07) is 1.44. The molecule has 0 spiro atoms. The average Bonchev–Trinajstić information content (AvgIpc) is 2.51. The van der Waals surface area contributed by atoms with Gasteiger partial charge in [-0.2, -0.15) is 5.26 Å². The summed E-state index contributed by atoms with van der Waals surface area (Å²) in [4.78, 5) is 15.3. The summed E-state index contributed by atoms with van der Waals surface area (Å²) in [7, 11) is 0. The van der Waals surface area contributed by atoms with Gasteiger partial charge in [-0.25, -0.2) is 4.98 Å². The number of aryl methyl sites for hydroxylation is 1. The first-order chi connectivity index (χ1) is 6.13. The second-order valence-electron chi connectivity index (χ2n) is 2.58. The Morgan fingerprint density at radius 1 is 1.85 bits per heavy atom. The fourth-order valence-corrected chi connectivity index (χ4v) is 1.36. The van der Waals surface area contributed by atoms with Crippen LogP contribution < -0.4 is 5.32 Å². The van der Waals surface area contributed by atoms with Gasteiger partial charge < -0.3 is 5.32 Å². The van der Waals surface area contributed by atoms with E-state index in [2.05, 4.69) is 10.3 Å². The predicted octanol–water partition coefficient (Wildman–Crippen LogP) is 1.09. The Labute approximate surface area is 80.2 Å². The number of nitrogens with one attached hydrogen (secondary N) is 1. The minimum atomic E-state index is -0.477. The SMILES string of the molecule is Cc1nc(C(=O)NC(C)C#N)cs1. The van der Waals surface area contributed by atoms with E-state index in [4.69, 9.17) is 5.26 Å². The second kappa shape index (κ2) is 4.01. The van der Waals surface area contributed by atoms with Crippen LogP contribution in [0.1, 0.15) is 22.4 Å². The predicted molar refractivity (Wildman–Crippen MR) is 49.4 cm³/mol. The van der Waals surface area contributed by atoms with Gasteiger partial charge in [-0.05, 0) is 13.8 Å². The number of rotatable bonds is 2. The first-order valence-electron chi connectivity index (χ1n) is 3.76. The van der Waals surface area contributed by atoms with Gasteiger partial charge in [0.2, 0.25) is 0 Å². The van der Waals surface area contributed by atoms with Crippen molar-refractivity contribution in [3.8, 4) is 6.07 Å². The average molecular weight is 195 g/mol. The quantitative estimate of drug-likeness (QED) is 0.768. The fourth-order valence-electron chi connectivity index (χ4n) is 0.771. The van der Waals surface area contributed by atoms with E-state index < -0.39 is 6.04 Å². The minimum absolute atomic E-state index is 0.293. The van der Waals surface area contributed by atoms with Gasteiger partial charge in [-0.15, -0.1) is 11.3 Å². The lowest BCUT2D eigenvalue weighted by molar-refractivity contribution is 0.0943. The smallest absolute Gasteiger partial charge is 0.271 e. The van der Waals surface area contributed by atoms with Crippen molar-refractivity contribution in [2.75, 3.05) is 0 Å². The number of aromatic nitrogens is 1. The zero-order valence-corrected chi connectivity index (χ0v) is 8.18. The van der Waals surface area contributed by atoms with Gasteiger partial charge in [0, 0.05) is 5.38 Å². The van der Waals surface area contributed by atoms with Crippen LogP contribution in [0.2, 0.25) is 0 Å². The Balaban J connectivity index is 2.65. The molecule has 0 radical (unpaired) electrons. The monoisotopic (exact) mass is 195 g/mol. The first-order valence-corrected chi connectivity index (χ1v) is 4.64. The lowest BCUT2D eigenvalue weighted by Gasteiger charge is -2.02. The summed E-state index contributed by atoms with van der Waals surface area (Å²) in [6.45, 7) is 3.45. The molecule has 1 atom stereocenters. The standard InChI is InChI=1S/C8H9N3OS/c1-5(3-9)10-8(12)7-4-13-6(2)11-7/h4-5H,1-2H3,(H,10,12). The van der Waals surface area contributed by atoms with Crippen molar-refractivity contribution >= 4 is 17.2 Å². The summed E-state index contributed by atoms with van der Waals surface area (Å²) < 4.78 is 0.